The zero-order valence-electron chi connectivity index (χ0n) is 13.2. The van der Waals surface area contributed by atoms with E-state index < -0.39 is 11.5 Å². The second-order valence-electron chi connectivity index (χ2n) is 5.42. The molecule has 0 spiro atoms. The smallest absolute Gasteiger partial charge is 0.309 e. The minimum atomic E-state index is -0.579. The molecule has 0 aliphatic heterocycles. The Bertz CT molecular complexity index is 1100. The van der Waals surface area contributed by atoms with Crippen molar-refractivity contribution in [3.63, 3.8) is 0 Å². The number of carbonyl (C=O) groups excluding carboxylic acids is 1. The zero-order chi connectivity index (χ0) is 19.0. The third-order valence-corrected chi connectivity index (χ3v) is 4.99. The van der Waals surface area contributed by atoms with E-state index in [0.717, 1.165) is 4.68 Å². The Kier molecular flexibility index (Phi) is 5.44. The summed E-state index contributed by atoms with van der Waals surface area (Å²) < 4.78 is 6.30. The Balaban J connectivity index is 2.20. The van der Waals surface area contributed by atoms with E-state index in [1.54, 1.807) is 18.2 Å². The number of rotatable bonds is 3. The van der Waals surface area contributed by atoms with Gasteiger partial charge in [-0.3, -0.25) is 9.59 Å². The molecule has 134 valence electrons. The van der Waals surface area contributed by atoms with Gasteiger partial charge in [-0.1, -0.05) is 52.5 Å². The van der Waals surface area contributed by atoms with Crippen LogP contribution < -0.4 is 10.3 Å². The molecule has 2 aromatic carbocycles. The van der Waals surface area contributed by atoms with Crippen LogP contribution in [-0.2, 0) is 11.3 Å². The van der Waals surface area contributed by atoms with Crippen molar-refractivity contribution in [1.29, 1.82) is 0 Å². The van der Waals surface area contributed by atoms with Crippen LogP contribution in [0.25, 0.3) is 10.8 Å². The molecule has 0 N–H and O–H groups in total. The van der Waals surface area contributed by atoms with Crippen molar-refractivity contribution < 1.29 is 9.53 Å². The molecular formula is C17H10Cl4N2O3. The molecule has 0 saturated carbocycles. The summed E-state index contributed by atoms with van der Waals surface area (Å²) in [5, 5.41) is 5.84. The molecule has 5 nitrogen and oxygen atoms in total. The number of aromatic nitrogens is 2. The number of carbonyl (C=O) groups is 1. The van der Waals surface area contributed by atoms with Gasteiger partial charge in [-0.2, -0.15) is 0 Å². The third kappa shape index (κ3) is 3.81. The molecule has 3 rings (SSSR count). The minimum Gasteiger partial charge on any atom is -0.405 e. The van der Waals surface area contributed by atoms with Crippen LogP contribution in [0.3, 0.4) is 0 Å². The van der Waals surface area contributed by atoms with Crippen molar-refractivity contribution in [1.82, 2.24) is 9.78 Å². The Morgan fingerprint density at radius 1 is 1.00 bits per heavy atom. The SMILES string of the molecule is CC(=O)Oc1nn(Cc2ccc(Cl)c(Cl)c2)c(=O)c2cc(Cl)c(Cl)cc12. The van der Waals surface area contributed by atoms with Crippen molar-refractivity contribution in [3.8, 4) is 5.88 Å². The predicted molar refractivity (Wildman–Crippen MR) is 103 cm³/mol. The number of fused-ring (bicyclic) bond motifs is 1. The lowest BCUT2D eigenvalue weighted by molar-refractivity contribution is -0.132. The summed E-state index contributed by atoms with van der Waals surface area (Å²) in [6, 6.07) is 7.82. The van der Waals surface area contributed by atoms with E-state index in [-0.39, 0.29) is 27.9 Å². The number of esters is 1. The molecule has 0 atom stereocenters. The molecule has 1 aromatic heterocycles. The highest BCUT2D eigenvalue weighted by Crippen LogP contribution is 2.30. The molecule has 0 aliphatic carbocycles. The van der Waals surface area contributed by atoms with E-state index in [9.17, 15) is 9.59 Å². The number of nitrogens with zero attached hydrogens (tertiary/aromatic N) is 2. The molecular weight excluding hydrogens is 422 g/mol. The Morgan fingerprint density at radius 2 is 1.62 bits per heavy atom. The first-order valence-electron chi connectivity index (χ1n) is 7.28. The van der Waals surface area contributed by atoms with E-state index in [4.69, 9.17) is 51.1 Å². The first-order chi connectivity index (χ1) is 12.3. The summed E-state index contributed by atoms with van der Waals surface area (Å²) in [6.07, 6.45) is 0. The fraction of sp³-hybridized carbons (Fsp3) is 0.118. The number of hydrogen-bond donors (Lipinski definition) is 0. The number of halogens is 4. The molecule has 1 heterocycles. The summed E-state index contributed by atoms with van der Waals surface area (Å²) in [4.78, 5) is 24.2. The van der Waals surface area contributed by atoms with Crippen molar-refractivity contribution in [3.05, 3.63) is 66.3 Å². The molecule has 3 aromatic rings. The Labute approximate surface area is 168 Å². The second kappa shape index (κ2) is 7.45. The predicted octanol–water partition coefficient (Wildman–Crippen LogP) is 4.98. The summed E-state index contributed by atoms with van der Waals surface area (Å²) in [5.41, 5.74) is 0.280. The van der Waals surface area contributed by atoms with Crippen LogP contribution in [0, 0.1) is 0 Å². The molecule has 0 fully saturated rings. The van der Waals surface area contributed by atoms with E-state index in [1.165, 1.54) is 19.1 Å². The lowest BCUT2D eigenvalue weighted by atomic mass is 10.2. The Hall–Kier alpha value is -1.79. The molecule has 9 heteroatoms. The molecule has 0 unspecified atom stereocenters. The van der Waals surface area contributed by atoms with Gasteiger partial charge in [0.15, 0.2) is 0 Å². The number of benzene rings is 2. The van der Waals surface area contributed by atoms with Crippen LogP contribution in [-0.4, -0.2) is 15.7 Å². The highest BCUT2D eigenvalue weighted by atomic mass is 35.5. The van der Waals surface area contributed by atoms with E-state index in [1.807, 2.05) is 0 Å². The first-order valence-corrected chi connectivity index (χ1v) is 8.79. The van der Waals surface area contributed by atoms with Gasteiger partial charge in [-0.05, 0) is 29.8 Å². The normalized spacial score (nSPS) is 11.0. The highest BCUT2D eigenvalue weighted by molar-refractivity contribution is 6.43. The second-order valence-corrected chi connectivity index (χ2v) is 7.05. The average molecular weight is 432 g/mol. The van der Waals surface area contributed by atoms with Crippen LogP contribution >= 0.6 is 46.4 Å². The van der Waals surface area contributed by atoms with Gasteiger partial charge < -0.3 is 4.74 Å². The van der Waals surface area contributed by atoms with Gasteiger partial charge in [0.2, 0.25) is 5.88 Å². The molecule has 0 aliphatic rings. The zero-order valence-corrected chi connectivity index (χ0v) is 16.2. The number of hydrogen-bond acceptors (Lipinski definition) is 4. The summed E-state index contributed by atoms with van der Waals surface area (Å²) in [5.74, 6) is -0.615. The van der Waals surface area contributed by atoms with Crippen molar-refractivity contribution >= 4 is 63.1 Å². The fourth-order valence-corrected chi connectivity index (χ4v) is 3.03. The molecule has 26 heavy (non-hydrogen) atoms. The lowest BCUT2D eigenvalue weighted by Gasteiger charge is -2.11. The monoisotopic (exact) mass is 430 g/mol. The van der Waals surface area contributed by atoms with E-state index >= 15 is 0 Å². The van der Waals surface area contributed by atoms with E-state index in [0.29, 0.717) is 21.0 Å². The fourth-order valence-electron chi connectivity index (χ4n) is 2.38. The van der Waals surface area contributed by atoms with Crippen LogP contribution in [0.15, 0.2) is 35.1 Å². The van der Waals surface area contributed by atoms with Gasteiger partial charge in [0.05, 0.1) is 37.4 Å². The molecule has 0 amide bonds. The summed E-state index contributed by atoms with van der Waals surface area (Å²) >= 11 is 24.0. The largest absolute Gasteiger partial charge is 0.405 e. The summed E-state index contributed by atoms with van der Waals surface area (Å²) in [6.45, 7) is 1.33. The van der Waals surface area contributed by atoms with Gasteiger partial charge in [0.1, 0.15) is 0 Å². The van der Waals surface area contributed by atoms with Crippen molar-refractivity contribution in [2.75, 3.05) is 0 Å². The van der Waals surface area contributed by atoms with Crippen LogP contribution in [0.2, 0.25) is 20.1 Å². The summed E-state index contributed by atoms with van der Waals surface area (Å²) in [7, 11) is 0. The third-order valence-electron chi connectivity index (χ3n) is 3.52. The molecule has 0 radical (unpaired) electrons. The van der Waals surface area contributed by atoms with Gasteiger partial charge >= 0.3 is 5.97 Å². The lowest BCUT2D eigenvalue weighted by Crippen LogP contribution is -2.25. The van der Waals surface area contributed by atoms with Gasteiger partial charge in [-0.15, -0.1) is 5.10 Å². The first kappa shape index (κ1) is 19.0. The van der Waals surface area contributed by atoms with Crippen molar-refractivity contribution in [2.24, 2.45) is 0 Å². The maximum absolute atomic E-state index is 12.8. The minimum absolute atomic E-state index is 0.0364. The maximum Gasteiger partial charge on any atom is 0.309 e. The van der Waals surface area contributed by atoms with Gasteiger partial charge in [0.25, 0.3) is 5.56 Å². The van der Waals surface area contributed by atoms with Crippen molar-refractivity contribution in [2.45, 2.75) is 13.5 Å². The number of ether oxygens (including phenoxy) is 1. The molecule has 0 bridgehead atoms. The standard InChI is InChI=1S/C17H10Cl4N2O3/c1-8(24)26-16-10-5-14(20)15(21)6-11(10)17(25)23(22-16)7-9-2-3-12(18)13(19)4-9/h2-6H,7H2,1H3. The quantitative estimate of drug-likeness (QED) is 0.548. The van der Waals surface area contributed by atoms with Gasteiger partial charge in [0, 0.05) is 6.92 Å². The highest BCUT2D eigenvalue weighted by Gasteiger charge is 2.16. The Morgan fingerprint density at radius 3 is 2.23 bits per heavy atom. The van der Waals surface area contributed by atoms with Crippen LogP contribution in [0.1, 0.15) is 12.5 Å². The maximum atomic E-state index is 12.8. The van der Waals surface area contributed by atoms with Crippen LogP contribution in [0.5, 0.6) is 5.88 Å². The topological polar surface area (TPSA) is 61.2 Å². The van der Waals surface area contributed by atoms with Crippen LogP contribution in [0.4, 0.5) is 0 Å². The average Bonchev–Trinajstić information content (AvgIpc) is 2.56. The molecule has 0 saturated heterocycles. The van der Waals surface area contributed by atoms with E-state index in [2.05, 4.69) is 5.10 Å². The van der Waals surface area contributed by atoms with Gasteiger partial charge in [-0.25, -0.2) is 4.68 Å².